The molecule has 0 saturated carbocycles. The van der Waals surface area contributed by atoms with Crippen LogP contribution in [0, 0.1) is 0 Å². The predicted molar refractivity (Wildman–Crippen MR) is 99.2 cm³/mol. The van der Waals surface area contributed by atoms with Crippen LogP contribution < -0.4 is 4.72 Å². The van der Waals surface area contributed by atoms with Crippen LogP contribution in [0.5, 0.6) is 0 Å². The Hall–Kier alpha value is -2.93. The minimum absolute atomic E-state index is 0.116. The van der Waals surface area contributed by atoms with Crippen molar-refractivity contribution in [2.75, 3.05) is 6.61 Å². The first-order valence-electron chi connectivity index (χ1n) is 8.05. The van der Waals surface area contributed by atoms with Gasteiger partial charge in [-0.1, -0.05) is 48.5 Å². The summed E-state index contributed by atoms with van der Waals surface area (Å²) in [5.74, 6) is -0.372. The number of fused-ring (bicyclic) bond motifs is 1. The van der Waals surface area contributed by atoms with Crippen LogP contribution in [0.25, 0.3) is 6.08 Å². The van der Waals surface area contributed by atoms with Crippen molar-refractivity contribution in [1.29, 1.82) is 0 Å². The van der Waals surface area contributed by atoms with Gasteiger partial charge < -0.3 is 4.74 Å². The van der Waals surface area contributed by atoms with Crippen molar-refractivity contribution in [3.8, 4) is 0 Å². The Morgan fingerprint density at radius 3 is 2.62 bits per heavy atom. The Bertz CT molecular complexity index is 966. The Morgan fingerprint density at radius 1 is 1.15 bits per heavy atom. The van der Waals surface area contributed by atoms with Crippen molar-refractivity contribution in [2.24, 2.45) is 4.99 Å². The lowest BCUT2D eigenvalue weighted by molar-refractivity contribution is -0.143. The Labute approximate surface area is 152 Å². The minimum atomic E-state index is -3.62. The molecule has 3 rings (SSSR count). The van der Waals surface area contributed by atoms with Crippen LogP contribution in [0.1, 0.15) is 18.1 Å². The van der Waals surface area contributed by atoms with Crippen molar-refractivity contribution < 1.29 is 17.9 Å². The number of nitrogens with one attached hydrogen (secondary N) is 1. The molecule has 1 aliphatic heterocycles. The van der Waals surface area contributed by atoms with Crippen LogP contribution in [0.3, 0.4) is 0 Å². The number of hydrogen-bond donors (Lipinski definition) is 1. The number of benzene rings is 2. The van der Waals surface area contributed by atoms with E-state index in [0.717, 1.165) is 5.56 Å². The number of nitrogens with zero attached hydrogens (tertiary/aromatic N) is 1. The first kappa shape index (κ1) is 17.9. The Balaban J connectivity index is 1.63. The first-order valence-corrected chi connectivity index (χ1v) is 9.54. The molecule has 0 fully saturated rings. The van der Waals surface area contributed by atoms with Crippen LogP contribution in [0.15, 0.2) is 70.6 Å². The van der Waals surface area contributed by atoms with E-state index in [1.807, 2.05) is 36.4 Å². The number of carbonyl (C=O) groups is 1. The molecule has 1 N–H and O–H groups in total. The summed E-state index contributed by atoms with van der Waals surface area (Å²) in [5, 5.41) is 0. The minimum Gasteiger partial charge on any atom is -0.460 e. The molecule has 0 amide bonds. The molecule has 134 valence electrons. The van der Waals surface area contributed by atoms with E-state index in [1.165, 1.54) is 6.07 Å². The van der Waals surface area contributed by atoms with Gasteiger partial charge >= 0.3 is 5.97 Å². The van der Waals surface area contributed by atoms with E-state index in [0.29, 0.717) is 5.56 Å². The molecular formula is C19H18N2O4S. The second kappa shape index (κ2) is 7.53. The van der Waals surface area contributed by atoms with Crippen LogP contribution in [0.2, 0.25) is 0 Å². The highest BCUT2D eigenvalue weighted by molar-refractivity contribution is 7.90. The zero-order valence-corrected chi connectivity index (χ0v) is 14.9. The summed E-state index contributed by atoms with van der Waals surface area (Å²) in [6, 6.07) is 15.3. The molecule has 0 radical (unpaired) electrons. The number of esters is 1. The number of aliphatic imine (C=N–C) groups is 1. The summed E-state index contributed by atoms with van der Waals surface area (Å²) in [6.07, 6.45) is 3.59. The van der Waals surface area contributed by atoms with Crippen LogP contribution in [-0.4, -0.2) is 32.9 Å². The third-order valence-corrected chi connectivity index (χ3v) is 5.16. The molecule has 2 aromatic rings. The van der Waals surface area contributed by atoms with Crippen molar-refractivity contribution in [3.05, 3.63) is 71.8 Å². The van der Waals surface area contributed by atoms with E-state index in [-0.39, 0.29) is 17.3 Å². The molecule has 6 nitrogen and oxygen atoms in total. The third kappa shape index (κ3) is 4.00. The molecule has 0 spiro atoms. The van der Waals surface area contributed by atoms with Gasteiger partial charge in [0.1, 0.15) is 18.5 Å². The fourth-order valence-electron chi connectivity index (χ4n) is 2.48. The Morgan fingerprint density at radius 2 is 1.85 bits per heavy atom. The van der Waals surface area contributed by atoms with Gasteiger partial charge in [0.05, 0.1) is 4.90 Å². The highest BCUT2D eigenvalue weighted by Gasteiger charge is 2.31. The molecule has 1 heterocycles. The van der Waals surface area contributed by atoms with Gasteiger partial charge in [-0.3, -0.25) is 9.71 Å². The maximum Gasteiger partial charge on any atom is 0.330 e. The summed E-state index contributed by atoms with van der Waals surface area (Å²) in [7, 11) is -3.62. The van der Waals surface area contributed by atoms with Crippen LogP contribution >= 0.6 is 0 Å². The maximum atomic E-state index is 12.1. The molecule has 0 saturated heterocycles. The number of carbonyl (C=O) groups excluding carboxylic acids is 1. The molecule has 1 atom stereocenters. The lowest BCUT2D eigenvalue weighted by Gasteiger charge is -2.07. The van der Waals surface area contributed by atoms with E-state index >= 15 is 0 Å². The SMILES string of the molecule is CC(N=C1NS(=O)(=O)c2ccccc21)C(=O)OC/C=C/c1ccccc1. The Kier molecular flexibility index (Phi) is 5.18. The van der Waals surface area contributed by atoms with E-state index in [4.69, 9.17) is 4.74 Å². The second-order valence-electron chi connectivity index (χ2n) is 5.70. The molecule has 0 aliphatic carbocycles. The molecule has 0 bridgehead atoms. The molecular weight excluding hydrogens is 352 g/mol. The van der Waals surface area contributed by atoms with Gasteiger partial charge in [-0.2, -0.15) is 0 Å². The average molecular weight is 370 g/mol. The van der Waals surface area contributed by atoms with Crippen molar-refractivity contribution in [3.63, 3.8) is 0 Å². The van der Waals surface area contributed by atoms with Gasteiger partial charge in [0.15, 0.2) is 0 Å². The monoisotopic (exact) mass is 370 g/mol. The average Bonchev–Trinajstić information content (AvgIpc) is 2.90. The van der Waals surface area contributed by atoms with Crippen molar-refractivity contribution >= 4 is 27.9 Å². The van der Waals surface area contributed by atoms with Crippen molar-refractivity contribution in [2.45, 2.75) is 17.9 Å². The van der Waals surface area contributed by atoms with Gasteiger partial charge in [0.2, 0.25) is 0 Å². The summed E-state index contributed by atoms with van der Waals surface area (Å²) >= 11 is 0. The molecule has 1 unspecified atom stereocenters. The van der Waals surface area contributed by atoms with Crippen LogP contribution in [-0.2, 0) is 19.6 Å². The fourth-order valence-corrected chi connectivity index (χ4v) is 3.71. The topological polar surface area (TPSA) is 84.8 Å². The highest BCUT2D eigenvalue weighted by Crippen LogP contribution is 2.22. The van der Waals surface area contributed by atoms with Gasteiger partial charge in [-0.05, 0) is 30.7 Å². The smallest absolute Gasteiger partial charge is 0.330 e. The first-order chi connectivity index (χ1) is 12.5. The summed E-state index contributed by atoms with van der Waals surface area (Å²) in [4.78, 5) is 16.4. The number of rotatable bonds is 5. The van der Waals surface area contributed by atoms with E-state index in [9.17, 15) is 13.2 Å². The zero-order valence-electron chi connectivity index (χ0n) is 14.1. The molecule has 1 aliphatic rings. The second-order valence-corrected chi connectivity index (χ2v) is 7.35. The molecule has 26 heavy (non-hydrogen) atoms. The number of ether oxygens (including phenoxy) is 1. The summed E-state index contributed by atoms with van der Waals surface area (Å²) in [6.45, 7) is 1.68. The standard InChI is InChI=1S/C19H18N2O4S/c1-14(19(22)25-13-7-10-15-8-3-2-4-9-15)20-18-16-11-5-6-12-17(16)26(23,24)21-18/h2-12,14H,13H2,1H3,(H,20,21)/b10-7+. The largest absolute Gasteiger partial charge is 0.460 e. The summed E-state index contributed by atoms with van der Waals surface area (Å²) in [5.41, 5.74) is 1.46. The maximum absolute atomic E-state index is 12.1. The third-order valence-electron chi connectivity index (χ3n) is 3.76. The van der Waals surface area contributed by atoms with Gasteiger partial charge in [-0.25, -0.2) is 13.2 Å². The molecule has 7 heteroatoms. The normalized spacial score (nSPS) is 17.7. The van der Waals surface area contributed by atoms with Crippen LogP contribution in [0.4, 0.5) is 0 Å². The van der Waals surface area contributed by atoms with Gasteiger partial charge in [0, 0.05) is 5.56 Å². The lowest BCUT2D eigenvalue weighted by Crippen LogP contribution is -2.26. The predicted octanol–water partition coefficient (Wildman–Crippen LogP) is 2.37. The summed E-state index contributed by atoms with van der Waals surface area (Å²) < 4.78 is 31.6. The fraction of sp³-hybridized carbons (Fsp3) is 0.158. The zero-order chi connectivity index (χ0) is 18.6. The quantitative estimate of drug-likeness (QED) is 0.819. The molecule has 2 aromatic carbocycles. The number of amidine groups is 1. The van der Waals surface area contributed by atoms with E-state index in [1.54, 1.807) is 31.2 Å². The highest BCUT2D eigenvalue weighted by atomic mass is 32.2. The lowest BCUT2D eigenvalue weighted by atomic mass is 10.2. The number of sulfonamides is 1. The molecule has 0 aromatic heterocycles. The van der Waals surface area contributed by atoms with E-state index in [2.05, 4.69) is 9.71 Å². The number of hydrogen-bond acceptors (Lipinski definition) is 5. The van der Waals surface area contributed by atoms with E-state index < -0.39 is 22.0 Å². The van der Waals surface area contributed by atoms with Gasteiger partial charge in [0.25, 0.3) is 10.0 Å². The van der Waals surface area contributed by atoms with Crippen molar-refractivity contribution in [1.82, 2.24) is 4.72 Å². The van der Waals surface area contributed by atoms with Gasteiger partial charge in [-0.15, -0.1) is 0 Å².